The largest absolute Gasteiger partial charge is 0.573 e. The maximum absolute atomic E-state index is 15.2. The van der Waals surface area contributed by atoms with E-state index in [2.05, 4.69) is 16.6 Å². The zero-order valence-corrected chi connectivity index (χ0v) is 22.4. The first-order valence-electron chi connectivity index (χ1n) is 13.5. The summed E-state index contributed by atoms with van der Waals surface area (Å²) in [5.74, 6) is -1.58. The topological polar surface area (TPSA) is 31.4 Å². The maximum atomic E-state index is 15.2. The molecule has 3 nitrogen and oxygen atoms in total. The Morgan fingerprint density at radius 3 is 2.27 bits per heavy atom. The second-order valence-corrected chi connectivity index (χ2v) is 9.80. The molecule has 4 aromatic rings. The first-order chi connectivity index (χ1) is 19.2. The maximum Gasteiger partial charge on any atom is 0.573 e. The zero-order chi connectivity index (χ0) is 28.5. The van der Waals surface area contributed by atoms with Crippen molar-refractivity contribution in [2.75, 3.05) is 6.61 Å². The number of hydrogen-bond donors (Lipinski definition) is 0. The molecule has 0 unspecified atom stereocenters. The van der Waals surface area contributed by atoms with Crippen LogP contribution >= 0.6 is 0 Å². The summed E-state index contributed by atoms with van der Waals surface area (Å²) >= 11 is 0. The molecule has 1 heterocycles. The van der Waals surface area contributed by atoms with Gasteiger partial charge in [0, 0.05) is 11.1 Å². The van der Waals surface area contributed by atoms with Gasteiger partial charge in [0.05, 0.1) is 12.8 Å². The Kier molecular flexibility index (Phi) is 9.96. The Labute approximate surface area is 231 Å². The van der Waals surface area contributed by atoms with Crippen LogP contribution in [0.3, 0.4) is 0 Å². The third-order valence-corrected chi connectivity index (χ3v) is 6.74. The van der Waals surface area contributed by atoms with Crippen LogP contribution in [-0.4, -0.2) is 18.0 Å². The minimum atomic E-state index is -4.97. The van der Waals surface area contributed by atoms with Crippen LogP contribution < -0.4 is 9.47 Å². The van der Waals surface area contributed by atoms with Gasteiger partial charge in [-0.3, -0.25) is 4.98 Å². The number of rotatable bonds is 13. The van der Waals surface area contributed by atoms with Gasteiger partial charge in [-0.2, -0.15) is 0 Å². The number of halogens is 5. The van der Waals surface area contributed by atoms with Crippen molar-refractivity contribution in [3.8, 4) is 11.5 Å². The van der Waals surface area contributed by atoms with Crippen molar-refractivity contribution in [1.82, 2.24) is 4.98 Å². The normalized spacial score (nSPS) is 11.7. The lowest BCUT2D eigenvalue weighted by atomic mass is 9.98. The van der Waals surface area contributed by atoms with Crippen LogP contribution in [0.15, 0.2) is 66.9 Å². The van der Waals surface area contributed by atoms with Crippen molar-refractivity contribution in [2.24, 2.45) is 0 Å². The molecule has 0 spiro atoms. The van der Waals surface area contributed by atoms with Crippen molar-refractivity contribution >= 4 is 10.8 Å². The smallest absolute Gasteiger partial charge is 0.492 e. The van der Waals surface area contributed by atoms with E-state index < -0.39 is 17.9 Å². The van der Waals surface area contributed by atoms with E-state index in [9.17, 15) is 17.6 Å². The Morgan fingerprint density at radius 1 is 0.775 bits per heavy atom. The number of ether oxygens (including phenoxy) is 2. The van der Waals surface area contributed by atoms with Crippen molar-refractivity contribution < 1.29 is 31.4 Å². The minimum absolute atomic E-state index is 0.263. The second kappa shape index (κ2) is 13.6. The SMILES string of the molecule is CCCCCCOc1ccc(CCc2ccc3c(F)c(CCc4ccc(OC(F)(F)F)c(F)c4)ccc3c2)nc1. The molecule has 0 atom stereocenters. The molecule has 3 aromatic carbocycles. The van der Waals surface area contributed by atoms with Crippen LogP contribution in [0.5, 0.6) is 11.5 Å². The van der Waals surface area contributed by atoms with Crippen LogP contribution in [0.25, 0.3) is 10.8 Å². The summed E-state index contributed by atoms with van der Waals surface area (Å²) < 4.78 is 75.7. The van der Waals surface area contributed by atoms with Gasteiger partial charge in [-0.1, -0.05) is 62.6 Å². The van der Waals surface area contributed by atoms with Gasteiger partial charge in [0.2, 0.25) is 0 Å². The van der Waals surface area contributed by atoms with Gasteiger partial charge in [-0.15, -0.1) is 13.2 Å². The quantitative estimate of drug-likeness (QED) is 0.121. The van der Waals surface area contributed by atoms with E-state index in [1.54, 1.807) is 18.3 Å². The van der Waals surface area contributed by atoms with Crippen LogP contribution in [-0.2, 0) is 25.7 Å². The Hall–Kier alpha value is -3.68. The third-order valence-electron chi connectivity index (χ3n) is 6.74. The fraction of sp³-hybridized carbons (Fsp3) is 0.344. The third kappa shape index (κ3) is 8.41. The van der Waals surface area contributed by atoms with E-state index in [0.717, 1.165) is 53.8 Å². The number of alkyl halides is 3. The van der Waals surface area contributed by atoms with Gasteiger partial charge < -0.3 is 9.47 Å². The van der Waals surface area contributed by atoms with Crippen molar-refractivity contribution in [3.63, 3.8) is 0 Å². The molecule has 1 aromatic heterocycles. The molecule has 40 heavy (non-hydrogen) atoms. The molecule has 0 amide bonds. The lowest BCUT2D eigenvalue weighted by Crippen LogP contribution is -2.18. The Bertz CT molecular complexity index is 1400. The predicted octanol–water partition coefficient (Wildman–Crippen LogP) is 8.94. The van der Waals surface area contributed by atoms with Gasteiger partial charge in [0.1, 0.15) is 11.6 Å². The summed E-state index contributed by atoms with van der Waals surface area (Å²) in [6.07, 6.45) is 3.43. The molecule has 0 bridgehead atoms. The summed E-state index contributed by atoms with van der Waals surface area (Å²) in [5.41, 5.74) is 2.92. The van der Waals surface area contributed by atoms with Gasteiger partial charge in [-0.25, -0.2) is 8.78 Å². The van der Waals surface area contributed by atoms with E-state index in [-0.39, 0.29) is 18.7 Å². The average Bonchev–Trinajstić information content (AvgIpc) is 2.93. The number of benzene rings is 3. The summed E-state index contributed by atoms with van der Waals surface area (Å²) in [6, 6.07) is 16.3. The number of aryl methyl sites for hydroxylation is 4. The highest BCUT2D eigenvalue weighted by atomic mass is 19.4. The van der Waals surface area contributed by atoms with E-state index in [4.69, 9.17) is 4.74 Å². The van der Waals surface area contributed by atoms with Gasteiger partial charge >= 0.3 is 6.36 Å². The lowest BCUT2D eigenvalue weighted by molar-refractivity contribution is -0.275. The van der Waals surface area contributed by atoms with Crippen molar-refractivity contribution in [2.45, 2.75) is 64.7 Å². The van der Waals surface area contributed by atoms with Gasteiger partial charge in [0.25, 0.3) is 0 Å². The monoisotopic (exact) mass is 557 g/mol. The molecule has 0 aliphatic rings. The van der Waals surface area contributed by atoms with Crippen molar-refractivity contribution in [1.29, 1.82) is 0 Å². The summed E-state index contributed by atoms with van der Waals surface area (Å²) in [5, 5.41) is 1.26. The van der Waals surface area contributed by atoms with Gasteiger partial charge in [-0.05, 0) is 78.4 Å². The summed E-state index contributed by atoms with van der Waals surface area (Å²) in [7, 11) is 0. The molecular weight excluding hydrogens is 525 g/mol. The number of unbranched alkanes of at least 4 members (excludes halogenated alkanes) is 3. The number of nitrogens with zero attached hydrogens (tertiary/aromatic N) is 1. The fourth-order valence-corrected chi connectivity index (χ4v) is 4.56. The average molecular weight is 558 g/mol. The highest BCUT2D eigenvalue weighted by Gasteiger charge is 2.32. The molecule has 0 aliphatic carbocycles. The molecule has 0 fully saturated rings. The highest BCUT2D eigenvalue weighted by molar-refractivity contribution is 5.84. The summed E-state index contributed by atoms with van der Waals surface area (Å²) in [6.45, 7) is 2.88. The van der Waals surface area contributed by atoms with E-state index in [1.165, 1.54) is 25.3 Å². The number of fused-ring (bicyclic) bond motifs is 1. The number of aromatic nitrogens is 1. The molecule has 0 saturated carbocycles. The molecule has 212 valence electrons. The van der Waals surface area contributed by atoms with Crippen LogP contribution in [0.4, 0.5) is 22.0 Å². The van der Waals surface area contributed by atoms with E-state index in [1.807, 2.05) is 30.3 Å². The fourth-order valence-electron chi connectivity index (χ4n) is 4.56. The summed E-state index contributed by atoms with van der Waals surface area (Å²) in [4.78, 5) is 4.50. The molecule has 4 rings (SSSR count). The molecule has 0 radical (unpaired) electrons. The standard InChI is InChI=1S/C32H32F5NO2/c1-2-3-4-5-18-39-27-15-14-26(38-21-27)13-7-22-8-16-28-25(19-22)12-11-24(31(28)34)10-6-23-9-17-30(29(33)20-23)40-32(35,36)37/h8-9,11-12,14-17,19-21H,2-7,10,13,18H2,1H3. The molecule has 8 heteroatoms. The second-order valence-electron chi connectivity index (χ2n) is 9.80. The van der Waals surface area contributed by atoms with Crippen LogP contribution in [0.2, 0.25) is 0 Å². The van der Waals surface area contributed by atoms with Crippen LogP contribution in [0.1, 0.15) is 55.0 Å². The minimum Gasteiger partial charge on any atom is -0.492 e. The van der Waals surface area contributed by atoms with Gasteiger partial charge in [0.15, 0.2) is 11.6 Å². The number of hydrogen-bond acceptors (Lipinski definition) is 3. The molecular formula is C32H32F5NO2. The molecule has 0 N–H and O–H groups in total. The van der Waals surface area contributed by atoms with E-state index in [0.29, 0.717) is 23.1 Å². The zero-order valence-electron chi connectivity index (χ0n) is 22.4. The molecule has 0 saturated heterocycles. The first-order valence-corrected chi connectivity index (χ1v) is 13.5. The first kappa shape index (κ1) is 29.3. The van der Waals surface area contributed by atoms with E-state index >= 15 is 4.39 Å². The predicted molar refractivity (Wildman–Crippen MR) is 146 cm³/mol. The Morgan fingerprint density at radius 2 is 1.55 bits per heavy atom. The van der Waals surface area contributed by atoms with Crippen molar-refractivity contribution in [3.05, 3.63) is 101 Å². The Balaban J connectivity index is 1.32. The highest BCUT2D eigenvalue weighted by Crippen LogP contribution is 2.28. The van der Waals surface area contributed by atoms with Crippen LogP contribution in [0, 0.1) is 11.6 Å². The number of pyridine rings is 1. The lowest BCUT2D eigenvalue weighted by Gasteiger charge is -2.11. The molecule has 0 aliphatic heterocycles.